The van der Waals surface area contributed by atoms with Crippen molar-refractivity contribution in [1.29, 1.82) is 0 Å². The molecule has 1 aromatic heterocycles. The number of hydrazone groups is 1. The first kappa shape index (κ1) is 26.5. The molecule has 2 amide bonds. The lowest BCUT2D eigenvalue weighted by atomic mass is 10.1. The van der Waals surface area contributed by atoms with E-state index in [0.717, 1.165) is 28.0 Å². The van der Waals surface area contributed by atoms with Gasteiger partial charge in [0.2, 0.25) is 11.0 Å². The Morgan fingerprint density at radius 1 is 1.03 bits per heavy atom. The summed E-state index contributed by atoms with van der Waals surface area (Å²) in [6, 6.07) is 22.6. The highest BCUT2D eigenvalue weighted by Gasteiger charge is 2.14. The van der Waals surface area contributed by atoms with Crippen molar-refractivity contribution in [3.8, 4) is 11.5 Å². The maximum absolute atomic E-state index is 12.4. The number of ether oxygens (including phenoxy) is 2. The zero-order valence-electron chi connectivity index (χ0n) is 21.2. The molecule has 2 N–H and O–H groups in total. The minimum Gasteiger partial charge on any atom is -0.493 e. The fourth-order valence-electron chi connectivity index (χ4n) is 3.57. The van der Waals surface area contributed by atoms with Crippen LogP contribution in [0.1, 0.15) is 45.1 Å². The van der Waals surface area contributed by atoms with E-state index in [1.54, 1.807) is 31.4 Å². The first-order valence-corrected chi connectivity index (χ1v) is 12.7. The zero-order chi connectivity index (χ0) is 26.9. The Hall–Kier alpha value is -4.57. The normalized spacial score (nSPS) is 11.7. The van der Waals surface area contributed by atoms with Crippen LogP contribution in [0.2, 0.25) is 0 Å². The van der Waals surface area contributed by atoms with Crippen LogP contribution in [-0.4, -0.2) is 35.3 Å². The number of carbonyl (C=O) groups excluding carboxylic acids is 2. The molecule has 3 aromatic carbocycles. The largest absolute Gasteiger partial charge is 0.493 e. The Balaban J connectivity index is 1.30. The average Bonchev–Trinajstić information content (AvgIpc) is 3.36. The SMILES string of the molecule is COc1cc(/C=N/NC(=O)Cc2nnc(NC(=O)c3ccccc3C)s2)ccc1O[C@@H](C)c1ccccc1. The Bertz CT molecular complexity index is 1440. The van der Waals surface area contributed by atoms with Gasteiger partial charge >= 0.3 is 0 Å². The molecule has 0 saturated heterocycles. The van der Waals surface area contributed by atoms with Crippen molar-refractivity contribution in [2.75, 3.05) is 12.4 Å². The number of hydrogen-bond donors (Lipinski definition) is 2. The molecule has 0 radical (unpaired) electrons. The van der Waals surface area contributed by atoms with Gasteiger partial charge in [-0.15, -0.1) is 10.2 Å². The van der Waals surface area contributed by atoms with Crippen molar-refractivity contribution < 1.29 is 19.1 Å². The molecule has 4 rings (SSSR count). The molecule has 0 saturated carbocycles. The number of aromatic nitrogens is 2. The van der Waals surface area contributed by atoms with Crippen molar-refractivity contribution >= 4 is 34.5 Å². The van der Waals surface area contributed by atoms with Gasteiger partial charge in [-0.2, -0.15) is 5.10 Å². The standard InChI is InChI=1S/C28H27N5O4S/c1-18-9-7-8-12-22(18)27(35)30-28-33-32-26(38-28)16-25(34)31-29-17-20-13-14-23(24(15-20)36-3)37-19(2)21-10-5-4-6-11-21/h4-15,17,19H,16H2,1-3H3,(H,31,34)(H,30,33,35)/b29-17+/t19-/m0/s1. The van der Waals surface area contributed by atoms with Crippen molar-refractivity contribution in [3.63, 3.8) is 0 Å². The van der Waals surface area contributed by atoms with Crippen LogP contribution in [0.25, 0.3) is 0 Å². The average molecular weight is 530 g/mol. The minimum absolute atomic E-state index is 0.0251. The molecule has 0 spiro atoms. The van der Waals surface area contributed by atoms with Crippen molar-refractivity contribution in [2.45, 2.75) is 26.4 Å². The number of amides is 2. The molecule has 0 aliphatic heterocycles. The van der Waals surface area contributed by atoms with Crippen molar-refractivity contribution in [2.24, 2.45) is 5.10 Å². The van der Waals surface area contributed by atoms with Gasteiger partial charge in [-0.3, -0.25) is 14.9 Å². The fourth-order valence-corrected chi connectivity index (χ4v) is 4.30. The lowest BCUT2D eigenvalue weighted by molar-refractivity contribution is -0.120. The molecule has 0 aliphatic rings. The van der Waals surface area contributed by atoms with E-state index in [2.05, 4.69) is 26.0 Å². The van der Waals surface area contributed by atoms with Crippen LogP contribution in [0.15, 0.2) is 77.9 Å². The molecule has 38 heavy (non-hydrogen) atoms. The quantitative estimate of drug-likeness (QED) is 0.222. The molecule has 1 atom stereocenters. The Morgan fingerprint density at radius 3 is 2.55 bits per heavy atom. The van der Waals surface area contributed by atoms with Crippen LogP contribution in [0, 0.1) is 6.92 Å². The Morgan fingerprint density at radius 2 is 1.79 bits per heavy atom. The maximum Gasteiger partial charge on any atom is 0.257 e. The third kappa shape index (κ3) is 7.01. The minimum atomic E-state index is -0.363. The van der Waals surface area contributed by atoms with E-state index in [-0.39, 0.29) is 24.3 Å². The molecule has 0 fully saturated rings. The van der Waals surface area contributed by atoms with Gasteiger partial charge in [0, 0.05) is 5.56 Å². The third-order valence-corrected chi connectivity index (χ3v) is 6.39. The fraction of sp³-hybridized carbons (Fsp3) is 0.179. The molecule has 194 valence electrons. The number of nitrogens with one attached hydrogen (secondary N) is 2. The highest BCUT2D eigenvalue weighted by atomic mass is 32.1. The first-order chi connectivity index (χ1) is 18.4. The summed E-state index contributed by atoms with van der Waals surface area (Å²) in [6.45, 7) is 3.83. The first-order valence-electron chi connectivity index (χ1n) is 11.8. The summed E-state index contributed by atoms with van der Waals surface area (Å²) < 4.78 is 11.5. The van der Waals surface area contributed by atoms with Crippen molar-refractivity contribution in [1.82, 2.24) is 15.6 Å². The van der Waals surface area contributed by atoms with Gasteiger partial charge in [-0.05, 0) is 54.8 Å². The van der Waals surface area contributed by atoms with Crippen LogP contribution in [0.5, 0.6) is 11.5 Å². The number of hydrogen-bond acceptors (Lipinski definition) is 8. The third-order valence-electron chi connectivity index (χ3n) is 5.55. The van der Waals surface area contributed by atoms with E-state index in [1.807, 2.05) is 62.4 Å². The summed E-state index contributed by atoms with van der Waals surface area (Å²) in [6.07, 6.45) is 1.34. The Labute approximate surface area is 224 Å². The summed E-state index contributed by atoms with van der Waals surface area (Å²) in [5.74, 6) is 0.517. The van der Waals surface area contributed by atoms with Crippen molar-refractivity contribution in [3.05, 3.63) is 100 Å². The second kappa shape index (κ2) is 12.6. The van der Waals surface area contributed by atoms with Gasteiger partial charge in [0.05, 0.1) is 19.7 Å². The van der Waals surface area contributed by atoms with E-state index in [4.69, 9.17) is 9.47 Å². The number of nitrogens with zero attached hydrogens (tertiary/aromatic N) is 3. The molecule has 1 heterocycles. The number of carbonyl (C=O) groups is 2. The van der Waals surface area contributed by atoms with E-state index in [9.17, 15) is 9.59 Å². The van der Waals surface area contributed by atoms with Crippen LogP contribution in [-0.2, 0) is 11.2 Å². The summed E-state index contributed by atoms with van der Waals surface area (Å²) in [5.41, 5.74) is 5.66. The number of rotatable bonds is 10. The van der Waals surface area contributed by atoms with Gasteiger partial charge in [-0.1, -0.05) is 59.9 Å². The topological polar surface area (TPSA) is 115 Å². The molecule has 9 nitrogen and oxygen atoms in total. The molecule has 0 bridgehead atoms. The lowest BCUT2D eigenvalue weighted by Gasteiger charge is -2.17. The van der Waals surface area contributed by atoms with Gasteiger partial charge < -0.3 is 9.47 Å². The Kier molecular flexibility index (Phi) is 8.78. The lowest BCUT2D eigenvalue weighted by Crippen LogP contribution is -2.19. The molecular weight excluding hydrogens is 502 g/mol. The second-order valence-corrected chi connectivity index (χ2v) is 9.38. The number of benzene rings is 3. The highest BCUT2D eigenvalue weighted by molar-refractivity contribution is 7.15. The van der Waals surface area contributed by atoms with Gasteiger partial charge in [0.25, 0.3) is 5.91 Å². The molecular formula is C28H27N5O4S. The summed E-state index contributed by atoms with van der Waals surface area (Å²) in [7, 11) is 1.57. The number of aryl methyl sites for hydroxylation is 1. The van der Waals surface area contributed by atoms with E-state index in [0.29, 0.717) is 27.2 Å². The molecule has 4 aromatic rings. The van der Waals surface area contributed by atoms with Crippen LogP contribution < -0.4 is 20.2 Å². The summed E-state index contributed by atoms with van der Waals surface area (Å²) in [4.78, 5) is 24.8. The van der Waals surface area contributed by atoms with E-state index >= 15 is 0 Å². The number of methoxy groups -OCH3 is 1. The zero-order valence-corrected chi connectivity index (χ0v) is 22.0. The molecule has 10 heteroatoms. The second-order valence-electron chi connectivity index (χ2n) is 8.32. The van der Waals surface area contributed by atoms with Gasteiger partial charge in [-0.25, -0.2) is 5.43 Å². The predicted molar refractivity (Wildman–Crippen MR) is 147 cm³/mol. The smallest absolute Gasteiger partial charge is 0.257 e. The van der Waals surface area contributed by atoms with Crippen LogP contribution in [0.3, 0.4) is 0 Å². The monoisotopic (exact) mass is 529 g/mol. The van der Waals surface area contributed by atoms with E-state index < -0.39 is 0 Å². The summed E-state index contributed by atoms with van der Waals surface area (Å²) in [5, 5.41) is 15.4. The molecule has 0 aliphatic carbocycles. The van der Waals surface area contributed by atoms with Crippen LogP contribution in [0.4, 0.5) is 5.13 Å². The van der Waals surface area contributed by atoms with Gasteiger partial charge in [0.15, 0.2) is 11.5 Å². The van der Waals surface area contributed by atoms with Gasteiger partial charge in [0.1, 0.15) is 11.1 Å². The predicted octanol–water partition coefficient (Wildman–Crippen LogP) is 4.94. The summed E-state index contributed by atoms with van der Waals surface area (Å²) >= 11 is 1.13. The van der Waals surface area contributed by atoms with E-state index in [1.165, 1.54) is 6.21 Å². The highest BCUT2D eigenvalue weighted by Crippen LogP contribution is 2.31. The number of anilines is 1. The maximum atomic E-state index is 12.4. The van der Waals surface area contributed by atoms with Crippen LogP contribution >= 0.6 is 11.3 Å². The molecule has 0 unspecified atom stereocenters.